The van der Waals surface area contributed by atoms with E-state index in [-0.39, 0.29) is 0 Å². The van der Waals surface area contributed by atoms with Gasteiger partial charge >= 0.3 is 11.9 Å². The Balaban J connectivity index is 3.91. The van der Waals surface area contributed by atoms with Gasteiger partial charge in [0, 0.05) is 0 Å². The monoisotopic (exact) mass is 180 g/mol. The molecule has 0 saturated heterocycles. The highest BCUT2D eigenvalue weighted by Gasteiger charge is 2.24. The minimum Gasteiger partial charge on any atom is -0.477 e. The summed E-state index contributed by atoms with van der Waals surface area (Å²) < 4.78 is 7.88. The standard InChI is InChI=1S/C5H8O7/c1-11-4(9)5(10)12-3(8)2(6)7/h3,5,8,10H,1H3,(H,6,7). The van der Waals surface area contributed by atoms with Crippen molar-refractivity contribution >= 4 is 11.9 Å². The molecule has 0 aliphatic carbocycles. The Hall–Kier alpha value is -1.18. The molecule has 0 aromatic rings. The number of carbonyl (C=O) groups excluding carboxylic acids is 1. The summed E-state index contributed by atoms with van der Waals surface area (Å²) in [6.07, 6.45) is -4.35. The van der Waals surface area contributed by atoms with E-state index >= 15 is 0 Å². The van der Waals surface area contributed by atoms with Gasteiger partial charge in [0.1, 0.15) is 0 Å². The van der Waals surface area contributed by atoms with E-state index in [1.807, 2.05) is 0 Å². The van der Waals surface area contributed by atoms with E-state index in [1.54, 1.807) is 0 Å². The van der Waals surface area contributed by atoms with Crippen LogP contribution >= 0.6 is 0 Å². The van der Waals surface area contributed by atoms with Gasteiger partial charge in [-0.1, -0.05) is 0 Å². The van der Waals surface area contributed by atoms with Crippen molar-refractivity contribution in [2.75, 3.05) is 7.11 Å². The summed E-state index contributed by atoms with van der Waals surface area (Å²) in [4.78, 5) is 20.3. The molecule has 0 spiro atoms. The average Bonchev–Trinajstić information content (AvgIpc) is 2.02. The third kappa shape index (κ3) is 3.28. The second-order valence-corrected chi connectivity index (χ2v) is 1.70. The van der Waals surface area contributed by atoms with Crippen LogP contribution in [0.2, 0.25) is 0 Å². The molecule has 0 saturated carbocycles. The molecule has 0 bridgehead atoms. The van der Waals surface area contributed by atoms with Crippen LogP contribution in [0.5, 0.6) is 0 Å². The molecule has 12 heavy (non-hydrogen) atoms. The fourth-order valence-corrected chi connectivity index (χ4v) is 0.337. The number of carboxylic acids is 1. The minimum atomic E-state index is -2.25. The Morgan fingerprint density at radius 2 is 1.75 bits per heavy atom. The summed E-state index contributed by atoms with van der Waals surface area (Å²) in [6, 6.07) is 0. The zero-order valence-electron chi connectivity index (χ0n) is 6.13. The number of aliphatic hydroxyl groups excluding tert-OH is 2. The van der Waals surface area contributed by atoms with E-state index in [0.717, 1.165) is 7.11 Å². The van der Waals surface area contributed by atoms with E-state index in [0.29, 0.717) is 0 Å². The maximum Gasteiger partial charge on any atom is 0.363 e. The smallest absolute Gasteiger partial charge is 0.363 e. The molecule has 7 heteroatoms. The van der Waals surface area contributed by atoms with Crippen molar-refractivity contribution in [3.63, 3.8) is 0 Å². The highest BCUT2D eigenvalue weighted by atomic mass is 16.7. The van der Waals surface area contributed by atoms with Crippen LogP contribution in [0.3, 0.4) is 0 Å². The van der Waals surface area contributed by atoms with Crippen molar-refractivity contribution in [2.24, 2.45) is 0 Å². The lowest BCUT2D eigenvalue weighted by Gasteiger charge is -2.11. The first-order valence-electron chi connectivity index (χ1n) is 2.81. The number of carbonyl (C=O) groups is 2. The third-order valence-electron chi connectivity index (χ3n) is 0.872. The molecule has 0 aliphatic rings. The first-order valence-corrected chi connectivity index (χ1v) is 2.81. The molecule has 7 nitrogen and oxygen atoms in total. The van der Waals surface area contributed by atoms with Crippen molar-refractivity contribution in [3.05, 3.63) is 0 Å². The predicted octanol–water partition coefficient (Wildman–Crippen LogP) is -2.10. The minimum absolute atomic E-state index is 0.974. The first-order chi connectivity index (χ1) is 5.49. The van der Waals surface area contributed by atoms with Crippen LogP contribution in [0.15, 0.2) is 0 Å². The number of methoxy groups -OCH3 is 1. The number of hydrogen-bond donors (Lipinski definition) is 3. The first kappa shape index (κ1) is 10.8. The maximum absolute atomic E-state index is 10.4. The second-order valence-electron chi connectivity index (χ2n) is 1.70. The van der Waals surface area contributed by atoms with Gasteiger partial charge in [-0.05, 0) is 0 Å². The summed E-state index contributed by atoms with van der Waals surface area (Å²) in [7, 11) is 0.974. The van der Waals surface area contributed by atoms with Gasteiger partial charge in [0.15, 0.2) is 0 Å². The lowest BCUT2D eigenvalue weighted by molar-refractivity contribution is -0.228. The Bertz CT molecular complexity index is 177. The lowest BCUT2D eigenvalue weighted by Crippen LogP contribution is -2.34. The number of rotatable bonds is 4. The van der Waals surface area contributed by atoms with Crippen LogP contribution in [0, 0.1) is 0 Å². The Morgan fingerprint density at radius 1 is 1.25 bits per heavy atom. The van der Waals surface area contributed by atoms with Crippen LogP contribution in [0.4, 0.5) is 0 Å². The topological polar surface area (TPSA) is 113 Å². The van der Waals surface area contributed by atoms with E-state index in [2.05, 4.69) is 9.47 Å². The molecule has 2 unspecified atom stereocenters. The van der Waals surface area contributed by atoms with Crippen LogP contribution in [-0.2, 0) is 19.1 Å². The molecule has 0 aromatic carbocycles. The zero-order chi connectivity index (χ0) is 9.72. The van der Waals surface area contributed by atoms with Crippen LogP contribution < -0.4 is 0 Å². The quantitative estimate of drug-likeness (QED) is 0.335. The van der Waals surface area contributed by atoms with Crippen LogP contribution in [0.1, 0.15) is 0 Å². The highest BCUT2D eigenvalue weighted by molar-refractivity contribution is 5.74. The van der Waals surface area contributed by atoms with Gasteiger partial charge in [-0.3, -0.25) is 0 Å². The SMILES string of the molecule is COC(=O)C(O)OC(O)C(=O)O. The summed E-state index contributed by atoms with van der Waals surface area (Å²) in [5.41, 5.74) is 0. The molecule has 0 aromatic heterocycles. The molecule has 2 atom stereocenters. The second kappa shape index (κ2) is 4.65. The molecule has 0 amide bonds. The fraction of sp³-hybridized carbons (Fsp3) is 0.600. The Labute approximate surface area is 67.1 Å². The summed E-state index contributed by atoms with van der Waals surface area (Å²) in [5, 5.41) is 25.1. The molecule has 0 rings (SSSR count). The van der Waals surface area contributed by atoms with Gasteiger partial charge in [0.05, 0.1) is 7.11 Å². The molecule has 3 N–H and O–H groups in total. The van der Waals surface area contributed by atoms with Gasteiger partial charge in [-0.25, -0.2) is 9.59 Å². The number of aliphatic carboxylic acids is 1. The molecule has 0 aliphatic heterocycles. The van der Waals surface area contributed by atoms with Crippen molar-refractivity contribution in [3.8, 4) is 0 Å². The van der Waals surface area contributed by atoms with E-state index in [1.165, 1.54) is 0 Å². The normalized spacial score (nSPS) is 14.9. The van der Waals surface area contributed by atoms with Crippen molar-refractivity contribution < 1.29 is 34.4 Å². The number of esters is 1. The van der Waals surface area contributed by atoms with Crippen LogP contribution in [0.25, 0.3) is 0 Å². The fourth-order valence-electron chi connectivity index (χ4n) is 0.337. The third-order valence-corrected chi connectivity index (χ3v) is 0.872. The number of carboxylic acid groups (broad SMARTS) is 1. The summed E-state index contributed by atoms with van der Waals surface area (Å²) in [5.74, 6) is -2.90. The van der Waals surface area contributed by atoms with Gasteiger partial charge in [0.25, 0.3) is 12.6 Å². The zero-order valence-corrected chi connectivity index (χ0v) is 6.13. The van der Waals surface area contributed by atoms with E-state index in [9.17, 15) is 9.59 Å². The number of aliphatic hydroxyl groups is 2. The summed E-state index contributed by atoms with van der Waals surface area (Å²) in [6.45, 7) is 0. The molecular weight excluding hydrogens is 172 g/mol. The van der Waals surface area contributed by atoms with E-state index in [4.69, 9.17) is 15.3 Å². The Morgan fingerprint density at radius 3 is 2.08 bits per heavy atom. The van der Waals surface area contributed by atoms with Crippen molar-refractivity contribution in [1.82, 2.24) is 0 Å². The van der Waals surface area contributed by atoms with Crippen molar-refractivity contribution in [2.45, 2.75) is 12.6 Å². The van der Waals surface area contributed by atoms with Gasteiger partial charge < -0.3 is 24.8 Å². The number of hydrogen-bond acceptors (Lipinski definition) is 6. The average molecular weight is 180 g/mol. The maximum atomic E-state index is 10.4. The van der Waals surface area contributed by atoms with Gasteiger partial charge in [-0.15, -0.1) is 0 Å². The number of ether oxygens (including phenoxy) is 2. The van der Waals surface area contributed by atoms with Gasteiger partial charge in [0.2, 0.25) is 0 Å². The molecule has 0 heterocycles. The van der Waals surface area contributed by atoms with E-state index < -0.39 is 24.5 Å². The van der Waals surface area contributed by atoms with Crippen molar-refractivity contribution in [1.29, 1.82) is 0 Å². The van der Waals surface area contributed by atoms with Crippen LogP contribution in [-0.4, -0.2) is 46.9 Å². The molecular formula is C5H8O7. The molecule has 70 valence electrons. The largest absolute Gasteiger partial charge is 0.477 e. The lowest BCUT2D eigenvalue weighted by atomic mass is 10.6. The molecule has 0 fully saturated rings. The predicted molar refractivity (Wildman–Crippen MR) is 32.8 cm³/mol. The van der Waals surface area contributed by atoms with Gasteiger partial charge in [-0.2, -0.15) is 0 Å². The highest BCUT2D eigenvalue weighted by Crippen LogP contribution is 1.95. The molecule has 0 radical (unpaired) electrons. The summed E-state index contributed by atoms with van der Waals surface area (Å²) >= 11 is 0. The Kier molecular flexibility index (Phi) is 4.19.